The number of carbonyl (C=O) groups is 1. The minimum Gasteiger partial charge on any atom is -0.478 e. The summed E-state index contributed by atoms with van der Waals surface area (Å²) in [6.45, 7) is 3.53. The van der Waals surface area contributed by atoms with Gasteiger partial charge in [-0.15, -0.1) is 0 Å². The third-order valence-corrected chi connectivity index (χ3v) is 3.20. The summed E-state index contributed by atoms with van der Waals surface area (Å²) in [6, 6.07) is 3.37. The molecule has 0 bridgehead atoms. The first-order valence-corrected chi connectivity index (χ1v) is 6.30. The molecule has 18 heavy (non-hydrogen) atoms. The summed E-state index contributed by atoms with van der Waals surface area (Å²) in [4.78, 5) is 19.2. The molecular formula is C12H12N2O3S. The summed E-state index contributed by atoms with van der Waals surface area (Å²) in [7, 11) is 0. The van der Waals surface area contributed by atoms with E-state index in [0.29, 0.717) is 22.4 Å². The van der Waals surface area contributed by atoms with Crippen LogP contribution in [0.5, 0.6) is 0 Å². The Morgan fingerprint density at radius 2 is 2.28 bits per heavy atom. The maximum atomic E-state index is 10.9. The number of hydrogen-bond donors (Lipinski definition) is 1. The van der Waals surface area contributed by atoms with Crippen molar-refractivity contribution in [1.29, 1.82) is 0 Å². The minimum absolute atomic E-state index is 0.204. The van der Waals surface area contributed by atoms with Gasteiger partial charge < -0.3 is 9.52 Å². The van der Waals surface area contributed by atoms with E-state index in [1.807, 2.05) is 13.0 Å². The van der Waals surface area contributed by atoms with Gasteiger partial charge in [0.1, 0.15) is 17.1 Å². The van der Waals surface area contributed by atoms with Gasteiger partial charge in [0.25, 0.3) is 0 Å². The van der Waals surface area contributed by atoms with E-state index in [1.165, 1.54) is 11.8 Å². The van der Waals surface area contributed by atoms with Crippen LogP contribution in [0.25, 0.3) is 0 Å². The monoisotopic (exact) mass is 264 g/mol. The van der Waals surface area contributed by atoms with Crippen LogP contribution in [-0.4, -0.2) is 21.0 Å². The molecule has 2 heterocycles. The highest BCUT2D eigenvalue weighted by Crippen LogP contribution is 2.23. The van der Waals surface area contributed by atoms with Crippen molar-refractivity contribution in [3.05, 3.63) is 41.1 Å². The van der Waals surface area contributed by atoms with E-state index in [9.17, 15) is 4.79 Å². The highest BCUT2D eigenvalue weighted by molar-refractivity contribution is 7.98. The lowest BCUT2D eigenvalue weighted by Crippen LogP contribution is -1.94. The maximum Gasteiger partial charge on any atom is 0.339 e. The smallest absolute Gasteiger partial charge is 0.339 e. The van der Waals surface area contributed by atoms with Gasteiger partial charge in [0, 0.05) is 11.9 Å². The molecule has 94 valence electrons. The second-order valence-electron chi connectivity index (χ2n) is 3.76. The van der Waals surface area contributed by atoms with Crippen LogP contribution in [-0.2, 0) is 5.75 Å². The number of rotatable bonds is 4. The first-order chi connectivity index (χ1) is 8.56. The molecule has 0 fully saturated rings. The Balaban J connectivity index is 2.06. The highest BCUT2D eigenvalue weighted by Gasteiger charge is 2.13. The van der Waals surface area contributed by atoms with Crippen LogP contribution >= 0.6 is 11.8 Å². The van der Waals surface area contributed by atoms with Gasteiger partial charge in [0.2, 0.25) is 0 Å². The quantitative estimate of drug-likeness (QED) is 0.675. The molecule has 6 heteroatoms. The zero-order chi connectivity index (χ0) is 13.1. The number of furan rings is 1. The second kappa shape index (κ2) is 5.22. The zero-order valence-corrected chi connectivity index (χ0v) is 10.8. The fourth-order valence-electron chi connectivity index (χ4n) is 1.46. The molecule has 0 spiro atoms. The molecule has 1 N–H and O–H groups in total. The number of hydrogen-bond acceptors (Lipinski definition) is 5. The molecule has 0 unspecified atom stereocenters. The lowest BCUT2D eigenvalue weighted by atomic mass is 10.2. The summed E-state index contributed by atoms with van der Waals surface area (Å²) in [5, 5.41) is 9.56. The van der Waals surface area contributed by atoms with Gasteiger partial charge in [0.05, 0.1) is 5.75 Å². The fourth-order valence-corrected chi connectivity index (χ4v) is 2.22. The van der Waals surface area contributed by atoms with Crippen LogP contribution < -0.4 is 0 Å². The lowest BCUT2D eigenvalue weighted by Gasteiger charge is -1.98. The molecule has 0 aliphatic heterocycles. The van der Waals surface area contributed by atoms with Gasteiger partial charge in [-0.1, -0.05) is 11.8 Å². The van der Waals surface area contributed by atoms with Crippen molar-refractivity contribution in [3.8, 4) is 0 Å². The van der Waals surface area contributed by atoms with Gasteiger partial charge in [-0.2, -0.15) is 0 Å². The topological polar surface area (TPSA) is 76.2 Å². The van der Waals surface area contributed by atoms with Gasteiger partial charge in [-0.05, 0) is 26.0 Å². The van der Waals surface area contributed by atoms with Gasteiger partial charge >= 0.3 is 5.97 Å². The second-order valence-corrected chi connectivity index (χ2v) is 4.70. The van der Waals surface area contributed by atoms with Crippen molar-refractivity contribution < 1.29 is 14.3 Å². The van der Waals surface area contributed by atoms with Crippen LogP contribution in [0, 0.1) is 13.8 Å². The first kappa shape index (κ1) is 12.6. The highest BCUT2D eigenvalue weighted by atomic mass is 32.2. The molecule has 0 atom stereocenters. The predicted molar refractivity (Wildman–Crippen MR) is 66.7 cm³/mol. The standard InChI is InChI=1S/C12H12N2O3S/c1-7-3-4-13-12(14-7)18-6-9-5-10(11(15)16)8(2)17-9/h3-5H,6H2,1-2H3,(H,15,16). The molecule has 0 amide bonds. The number of thioether (sulfide) groups is 1. The van der Waals surface area contributed by atoms with Crippen molar-refractivity contribution in [2.75, 3.05) is 0 Å². The lowest BCUT2D eigenvalue weighted by molar-refractivity contribution is 0.0695. The zero-order valence-electron chi connectivity index (χ0n) is 10.0. The first-order valence-electron chi connectivity index (χ1n) is 5.31. The third kappa shape index (κ3) is 2.89. The van der Waals surface area contributed by atoms with Crippen LogP contribution in [0.15, 0.2) is 27.9 Å². The van der Waals surface area contributed by atoms with Crippen molar-refractivity contribution >= 4 is 17.7 Å². The normalized spacial score (nSPS) is 10.6. The Hall–Kier alpha value is -1.82. The van der Waals surface area contributed by atoms with Crippen molar-refractivity contribution in [3.63, 3.8) is 0 Å². The Labute approximate surface area is 108 Å². The van der Waals surface area contributed by atoms with E-state index in [4.69, 9.17) is 9.52 Å². The van der Waals surface area contributed by atoms with E-state index in [0.717, 1.165) is 5.69 Å². The molecule has 0 saturated carbocycles. The van der Waals surface area contributed by atoms with Crippen molar-refractivity contribution in [2.45, 2.75) is 24.8 Å². The number of aryl methyl sites for hydroxylation is 2. The summed E-state index contributed by atoms with van der Waals surface area (Å²) < 4.78 is 5.37. The summed E-state index contributed by atoms with van der Waals surface area (Å²) in [5.41, 5.74) is 1.10. The van der Waals surface area contributed by atoms with E-state index in [2.05, 4.69) is 9.97 Å². The molecular weight excluding hydrogens is 252 g/mol. The van der Waals surface area contributed by atoms with Crippen LogP contribution in [0.4, 0.5) is 0 Å². The minimum atomic E-state index is -0.973. The van der Waals surface area contributed by atoms with E-state index >= 15 is 0 Å². The molecule has 0 saturated heterocycles. The Morgan fingerprint density at radius 1 is 1.50 bits per heavy atom. The molecule has 2 aromatic rings. The number of aromatic nitrogens is 2. The van der Waals surface area contributed by atoms with E-state index in [-0.39, 0.29) is 5.56 Å². The Kier molecular flexibility index (Phi) is 3.66. The maximum absolute atomic E-state index is 10.9. The molecule has 0 radical (unpaired) electrons. The largest absolute Gasteiger partial charge is 0.478 e. The Morgan fingerprint density at radius 3 is 2.89 bits per heavy atom. The predicted octanol–water partition coefficient (Wildman–Crippen LogP) is 2.68. The Bertz CT molecular complexity index is 580. The van der Waals surface area contributed by atoms with Gasteiger partial charge in [-0.25, -0.2) is 14.8 Å². The third-order valence-electron chi connectivity index (χ3n) is 2.32. The molecule has 0 aliphatic carbocycles. The van der Waals surface area contributed by atoms with Crippen LogP contribution in [0.3, 0.4) is 0 Å². The molecule has 5 nitrogen and oxygen atoms in total. The molecule has 0 aliphatic rings. The average molecular weight is 264 g/mol. The van der Waals surface area contributed by atoms with E-state index in [1.54, 1.807) is 19.2 Å². The summed E-state index contributed by atoms with van der Waals surface area (Å²) in [6.07, 6.45) is 1.70. The van der Waals surface area contributed by atoms with Crippen molar-refractivity contribution in [1.82, 2.24) is 9.97 Å². The van der Waals surface area contributed by atoms with Gasteiger partial charge in [0.15, 0.2) is 5.16 Å². The molecule has 0 aromatic carbocycles. The number of carboxylic acid groups (broad SMARTS) is 1. The average Bonchev–Trinajstić information content (AvgIpc) is 2.68. The SMILES string of the molecule is Cc1ccnc(SCc2cc(C(=O)O)c(C)o2)n1. The summed E-state index contributed by atoms with van der Waals surface area (Å²) >= 11 is 1.41. The number of carboxylic acids is 1. The number of aromatic carboxylic acids is 1. The van der Waals surface area contributed by atoms with Crippen molar-refractivity contribution in [2.24, 2.45) is 0 Å². The fraction of sp³-hybridized carbons (Fsp3) is 0.250. The van der Waals surface area contributed by atoms with Gasteiger partial charge in [-0.3, -0.25) is 0 Å². The van der Waals surface area contributed by atoms with Crippen LogP contribution in [0.1, 0.15) is 27.6 Å². The molecule has 2 rings (SSSR count). The van der Waals surface area contributed by atoms with E-state index < -0.39 is 5.97 Å². The summed E-state index contributed by atoms with van der Waals surface area (Å²) in [5.74, 6) is 0.569. The molecule has 2 aromatic heterocycles. The van der Waals surface area contributed by atoms with Crippen LogP contribution in [0.2, 0.25) is 0 Å². The number of nitrogens with zero attached hydrogens (tertiary/aromatic N) is 2.